The zero-order valence-electron chi connectivity index (χ0n) is 19.2. The van der Waals surface area contributed by atoms with Crippen LogP contribution in [0.25, 0.3) is 22.2 Å². The van der Waals surface area contributed by atoms with Gasteiger partial charge in [-0.3, -0.25) is 0 Å². The highest BCUT2D eigenvalue weighted by Gasteiger charge is 2.36. The molecular weight excluding hydrogens is 442 g/mol. The van der Waals surface area contributed by atoms with Crippen molar-refractivity contribution in [1.29, 1.82) is 0 Å². The number of urea groups is 1. The van der Waals surface area contributed by atoms with E-state index in [1.165, 1.54) is 5.56 Å². The summed E-state index contributed by atoms with van der Waals surface area (Å²) in [5.74, 6) is 1.65. The summed E-state index contributed by atoms with van der Waals surface area (Å²) in [7, 11) is 0. The molecule has 0 radical (unpaired) electrons. The van der Waals surface area contributed by atoms with Crippen molar-refractivity contribution in [3.63, 3.8) is 0 Å². The number of rotatable bonds is 3. The molecule has 2 atom stereocenters. The highest BCUT2D eigenvalue weighted by molar-refractivity contribution is 5.83. The first-order chi connectivity index (χ1) is 17.2. The van der Waals surface area contributed by atoms with E-state index in [1.807, 2.05) is 23.4 Å². The Morgan fingerprint density at radius 1 is 1.00 bits per heavy atom. The number of amides is 2. The van der Waals surface area contributed by atoms with Crippen molar-refractivity contribution >= 4 is 23.0 Å². The van der Waals surface area contributed by atoms with Crippen LogP contribution in [0.2, 0.25) is 0 Å². The van der Waals surface area contributed by atoms with Gasteiger partial charge < -0.3 is 24.4 Å². The fraction of sp³-hybridized carbons (Fsp3) is 0.308. The Morgan fingerprint density at radius 3 is 2.71 bits per heavy atom. The fourth-order valence-electron chi connectivity index (χ4n) is 5.45. The summed E-state index contributed by atoms with van der Waals surface area (Å²) in [6, 6.07) is 17.1. The van der Waals surface area contributed by atoms with Crippen LogP contribution in [0.1, 0.15) is 17.4 Å². The number of hydrogen-bond acceptors (Lipinski definition) is 6. The van der Waals surface area contributed by atoms with Crippen molar-refractivity contribution in [2.75, 3.05) is 37.7 Å². The Labute approximate surface area is 202 Å². The van der Waals surface area contributed by atoms with Crippen LogP contribution in [-0.2, 0) is 11.3 Å². The second-order valence-corrected chi connectivity index (χ2v) is 9.29. The smallest absolute Gasteiger partial charge is 0.317 e. The van der Waals surface area contributed by atoms with Gasteiger partial charge in [-0.15, -0.1) is 0 Å². The highest BCUT2D eigenvalue weighted by Crippen LogP contribution is 2.33. The quantitative estimate of drug-likeness (QED) is 0.499. The van der Waals surface area contributed by atoms with E-state index in [0.29, 0.717) is 32.3 Å². The van der Waals surface area contributed by atoms with E-state index >= 15 is 0 Å². The average molecular weight is 468 g/mol. The van der Waals surface area contributed by atoms with Gasteiger partial charge in [-0.1, -0.05) is 36.4 Å². The minimum absolute atomic E-state index is 0.0319. The van der Waals surface area contributed by atoms with E-state index in [0.717, 1.165) is 41.1 Å². The molecule has 35 heavy (non-hydrogen) atoms. The number of piperazine rings is 1. The topological polar surface area (TPSA) is 88.4 Å². The summed E-state index contributed by atoms with van der Waals surface area (Å²) in [4.78, 5) is 30.1. The van der Waals surface area contributed by atoms with Gasteiger partial charge in [0.25, 0.3) is 0 Å². The van der Waals surface area contributed by atoms with E-state index in [2.05, 4.69) is 67.2 Å². The van der Waals surface area contributed by atoms with Gasteiger partial charge in [0, 0.05) is 44.1 Å². The molecule has 0 bridgehead atoms. The number of ether oxygens (including phenoxy) is 1. The van der Waals surface area contributed by atoms with Crippen molar-refractivity contribution in [1.82, 2.24) is 29.7 Å². The van der Waals surface area contributed by atoms with Crippen LogP contribution in [0.5, 0.6) is 0 Å². The van der Waals surface area contributed by atoms with Gasteiger partial charge in [0.05, 0.1) is 29.7 Å². The van der Waals surface area contributed by atoms with Crippen molar-refractivity contribution in [2.24, 2.45) is 0 Å². The molecule has 0 spiro atoms. The van der Waals surface area contributed by atoms with Gasteiger partial charge >= 0.3 is 6.03 Å². The average Bonchev–Trinajstić information content (AvgIpc) is 3.48. The maximum Gasteiger partial charge on any atom is 0.317 e. The Morgan fingerprint density at radius 2 is 1.86 bits per heavy atom. The minimum Gasteiger partial charge on any atom is -0.371 e. The third kappa shape index (κ3) is 3.42. The first-order valence-electron chi connectivity index (χ1n) is 12.0. The molecule has 2 amide bonds. The summed E-state index contributed by atoms with van der Waals surface area (Å²) >= 11 is 0. The summed E-state index contributed by atoms with van der Waals surface area (Å²) in [6.45, 7) is 3.99. The predicted octanol–water partition coefficient (Wildman–Crippen LogP) is 2.83. The molecule has 4 aromatic rings. The SMILES string of the molecule is O=C1NC[C@H]2CN(c3ncc(-c4ccc5nc6n(c5c4)[C@@H](c4ccccc4)COC6)cn3)CCN12. The van der Waals surface area contributed by atoms with Crippen LogP contribution in [-0.4, -0.2) is 69.3 Å². The lowest BCUT2D eigenvalue weighted by Gasteiger charge is -2.36. The summed E-state index contributed by atoms with van der Waals surface area (Å²) in [5, 5.41) is 2.92. The van der Waals surface area contributed by atoms with Gasteiger partial charge in [0.15, 0.2) is 0 Å². The molecule has 9 heteroatoms. The van der Waals surface area contributed by atoms with Crippen LogP contribution >= 0.6 is 0 Å². The molecule has 0 unspecified atom stereocenters. The number of hydrogen-bond donors (Lipinski definition) is 1. The molecule has 176 valence electrons. The van der Waals surface area contributed by atoms with E-state index in [-0.39, 0.29) is 18.1 Å². The number of anilines is 1. The number of benzene rings is 2. The molecule has 2 saturated heterocycles. The number of nitrogens with one attached hydrogen (secondary N) is 1. The van der Waals surface area contributed by atoms with E-state index in [9.17, 15) is 4.79 Å². The molecule has 5 heterocycles. The van der Waals surface area contributed by atoms with Crippen LogP contribution in [0.4, 0.5) is 10.7 Å². The maximum atomic E-state index is 11.9. The number of nitrogens with zero attached hydrogens (tertiary/aromatic N) is 6. The largest absolute Gasteiger partial charge is 0.371 e. The fourth-order valence-corrected chi connectivity index (χ4v) is 5.45. The molecule has 2 aromatic carbocycles. The predicted molar refractivity (Wildman–Crippen MR) is 131 cm³/mol. The van der Waals surface area contributed by atoms with Gasteiger partial charge in [-0.2, -0.15) is 0 Å². The molecule has 1 N–H and O–H groups in total. The third-order valence-electron chi connectivity index (χ3n) is 7.25. The first kappa shape index (κ1) is 20.4. The lowest BCUT2D eigenvalue weighted by molar-refractivity contribution is 0.0679. The van der Waals surface area contributed by atoms with Crippen molar-refractivity contribution in [3.05, 3.63) is 72.3 Å². The van der Waals surface area contributed by atoms with Gasteiger partial charge in [-0.25, -0.2) is 19.7 Å². The summed E-state index contributed by atoms with van der Waals surface area (Å²) in [6.07, 6.45) is 3.78. The Balaban J connectivity index is 1.19. The van der Waals surface area contributed by atoms with Crippen molar-refractivity contribution < 1.29 is 9.53 Å². The lowest BCUT2D eigenvalue weighted by atomic mass is 10.1. The van der Waals surface area contributed by atoms with E-state index in [1.54, 1.807) is 0 Å². The van der Waals surface area contributed by atoms with E-state index < -0.39 is 0 Å². The van der Waals surface area contributed by atoms with Crippen molar-refractivity contribution in [3.8, 4) is 11.1 Å². The van der Waals surface area contributed by atoms with Gasteiger partial charge in [-0.05, 0) is 23.3 Å². The zero-order valence-corrected chi connectivity index (χ0v) is 19.2. The summed E-state index contributed by atoms with van der Waals surface area (Å²) in [5.41, 5.74) is 5.29. The number of imidazole rings is 1. The van der Waals surface area contributed by atoms with Crippen LogP contribution in [0.3, 0.4) is 0 Å². The third-order valence-corrected chi connectivity index (χ3v) is 7.25. The standard InChI is InChI=1S/C26H25N7O2/c34-26-29-13-20-14-31(8-9-32(20)26)25-27-11-19(12-28-25)18-6-7-21-22(10-18)33-23(15-35-16-24(33)30-21)17-4-2-1-3-5-17/h1-7,10-12,20,23H,8-9,13-16H2,(H,29,34)/t20-,23+/m0/s1. The second kappa shape index (κ2) is 8.06. The highest BCUT2D eigenvalue weighted by atomic mass is 16.5. The number of carbonyl (C=O) groups excluding carboxylic acids is 1. The van der Waals surface area contributed by atoms with Crippen LogP contribution < -0.4 is 10.2 Å². The molecule has 2 aromatic heterocycles. The lowest BCUT2D eigenvalue weighted by Crippen LogP contribution is -2.52. The maximum absolute atomic E-state index is 11.9. The van der Waals surface area contributed by atoms with Crippen molar-refractivity contribution in [2.45, 2.75) is 18.7 Å². The van der Waals surface area contributed by atoms with E-state index in [4.69, 9.17) is 9.72 Å². The molecule has 9 nitrogen and oxygen atoms in total. The van der Waals surface area contributed by atoms with Gasteiger partial charge in [0.2, 0.25) is 5.95 Å². The molecule has 7 rings (SSSR count). The Hall–Kier alpha value is -3.98. The Kier molecular flexibility index (Phi) is 4.70. The normalized spacial score (nSPS) is 21.7. The zero-order chi connectivity index (χ0) is 23.4. The molecule has 3 aliphatic heterocycles. The number of aromatic nitrogens is 4. The van der Waals surface area contributed by atoms with Gasteiger partial charge in [0.1, 0.15) is 12.4 Å². The molecule has 0 saturated carbocycles. The molecular formula is C26H25N7O2. The van der Waals surface area contributed by atoms with Crippen LogP contribution in [0.15, 0.2) is 60.9 Å². The summed E-state index contributed by atoms with van der Waals surface area (Å²) < 4.78 is 8.19. The Bertz CT molecular complexity index is 1400. The van der Waals surface area contributed by atoms with Crippen LogP contribution in [0, 0.1) is 0 Å². The first-order valence-corrected chi connectivity index (χ1v) is 12.0. The minimum atomic E-state index is 0.0319. The number of fused-ring (bicyclic) bond motifs is 4. The molecule has 2 fully saturated rings. The second-order valence-electron chi connectivity index (χ2n) is 9.29. The molecule has 3 aliphatic rings. The monoisotopic (exact) mass is 467 g/mol. The molecule has 0 aliphatic carbocycles. The number of carbonyl (C=O) groups is 1.